The summed E-state index contributed by atoms with van der Waals surface area (Å²) in [6.07, 6.45) is 0. The van der Waals surface area contributed by atoms with Crippen molar-refractivity contribution in [3.05, 3.63) is 35.2 Å². The van der Waals surface area contributed by atoms with E-state index in [4.69, 9.17) is 5.11 Å². The number of carbonyl (C=O) groups excluding carboxylic acids is 1. The molecule has 0 radical (unpaired) electrons. The first-order valence-electron chi connectivity index (χ1n) is 5.11. The molecule has 1 aromatic heterocycles. The molecule has 0 aliphatic carbocycles. The van der Waals surface area contributed by atoms with Crippen molar-refractivity contribution in [1.82, 2.24) is 5.32 Å². The third kappa shape index (κ3) is 2.23. The molecule has 0 saturated carbocycles. The molecule has 4 heteroatoms. The van der Waals surface area contributed by atoms with E-state index < -0.39 is 0 Å². The topological polar surface area (TPSA) is 49.3 Å². The molecule has 3 nitrogen and oxygen atoms in total. The maximum Gasteiger partial charge on any atom is 0.261 e. The van der Waals surface area contributed by atoms with Gasteiger partial charge in [-0.05, 0) is 24.4 Å². The molecular weight excluding hydrogens is 222 g/mol. The van der Waals surface area contributed by atoms with Gasteiger partial charge in [-0.25, -0.2) is 0 Å². The van der Waals surface area contributed by atoms with Gasteiger partial charge in [0.15, 0.2) is 0 Å². The van der Waals surface area contributed by atoms with Crippen LogP contribution in [0.4, 0.5) is 0 Å². The number of hydrogen-bond acceptors (Lipinski definition) is 3. The van der Waals surface area contributed by atoms with Gasteiger partial charge >= 0.3 is 0 Å². The predicted octanol–water partition coefficient (Wildman–Crippen LogP) is 2.01. The third-order valence-electron chi connectivity index (χ3n) is 2.30. The lowest BCUT2D eigenvalue weighted by atomic mass is 10.2. The SMILES string of the molecule is CC(CO)NC(=O)c1cc2ccccc2s1. The van der Waals surface area contributed by atoms with Gasteiger partial charge in [0.05, 0.1) is 11.5 Å². The smallest absolute Gasteiger partial charge is 0.261 e. The van der Waals surface area contributed by atoms with Gasteiger partial charge in [0.1, 0.15) is 0 Å². The van der Waals surface area contributed by atoms with Crippen molar-refractivity contribution in [3.63, 3.8) is 0 Å². The van der Waals surface area contributed by atoms with Gasteiger partial charge in [-0.2, -0.15) is 0 Å². The van der Waals surface area contributed by atoms with Crippen molar-refractivity contribution < 1.29 is 9.90 Å². The van der Waals surface area contributed by atoms with E-state index >= 15 is 0 Å². The Kier molecular flexibility index (Phi) is 3.22. The summed E-state index contributed by atoms with van der Waals surface area (Å²) in [4.78, 5) is 12.5. The standard InChI is InChI=1S/C12H13NO2S/c1-8(7-14)13-12(15)11-6-9-4-2-3-5-10(9)16-11/h2-6,8,14H,7H2,1H3,(H,13,15). The van der Waals surface area contributed by atoms with Crippen molar-refractivity contribution in [3.8, 4) is 0 Å². The molecule has 0 spiro atoms. The number of aliphatic hydroxyl groups is 1. The molecule has 1 aromatic carbocycles. The lowest BCUT2D eigenvalue weighted by molar-refractivity contribution is 0.0926. The van der Waals surface area contributed by atoms with Crippen LogP contribution in [0.25, 0.3) is 10.1 Å². The monoisotopic (exact) mass is 235 g/mol. The van der Waals surface area contributed by atoms with E-state index in [1.165, 1.54) is 11.3 Å². The van der Waals surface area contributed by atoms with Crippen LogP contribution in [0.5, 0.6) is 0 Å². The van der Waals surface area contributed by atoms with E-state index in [-0.39, 0.29) is 18.6 Å². The lowest BCUT2D eigenvalue weighted by Gasteiger charge is -2.08. The van der Waals surface area contributed by atoms with Crippen molar-refractivity contribution in [2.45, 2.75) is 13.0 Å². The highest BCUT2D eigenvalue weighted by atomic mass is 32.1. The molecule has 84 valence electrons. The Bertz CT molecular complexity index is 473. The van der Waals surface area contributed by atoms with Gasteiger partial charge in [-0.15, -0.1) is 11.3 Å². The molecule has 0 aliphatic rings. The lowest BCUT2D eigenvalue weighted by Crippen LogP contribution is -2.34. The minimum Gasteiger partial charge on any atom is -0.394 e. The Balaban J connectivity index is 2.23. The second-order valence-electron chi connectivity index (χ2n) is 3.71. The normalized spacial score (nSPS) is 12.6. The van der Waals surface area contributed by atoms with Gasteiger partial charge in [-0.1, -0.05) is 18.2 Å². The first kappa shape index (κ1) is 11.1. The number of hydrogen-bond donors (Lipinski definition) is 2. The van der Waals surface area contributed by atoms with E-state index in [1.54, 1.807) is 6.92 Å². The van der Waals surface area contributed by atoms with Crippen LogP contribution in [-0.2, 0) is 0 Å². The second kappa shape index (κ2) is 4.63. The Morgan fingerprint density at radius 2 is 2.25 bits per heavy atom. The van der Waals surface area contributed by atoms with Crippen LogP contribution < -0.4 is 5.32 Å². The molecule has 2 aromatic rings. The summed E-state index contributed by atoms with van der Waals surface area (Å²) in [5, 5.41) is 12.7. The van der Waals surface area contributed by atoms with E-state index in [9.17, 15) is 4.79 Å². The molecule has 1 unspecified atom stereocenters. The maximum absolute atomic E-state index is 11.8. The van der Waals surface area contributed by atoms with Crippen LogP contribution in [0.15, 0.2) is 30.3 Å². The van der Waals surface area contributed by atoms with E-state index in [0.29, 0.717) is 4.88 Å². The molecule has 1 amide bonds. The molecule has 1 atom stereocenters. The van der Waals surface area contributed by atoms with Crippen molar-refractivity contribution in [2.75, 3.05) is 6.61 Å². The summed E-state index contributed by atoms with van der Waals surface area (Å²) in [7, 11) is 0. The zero-order valence-corrected chi connectivity index (χ0v) is 9.75. The average molecular weight is 235 g/mol. The zero-order valence-electron chi connectivity index (χ0n) is 8.93. The Morgan fingerprint density at radius 3 is 2.94 bits per heavy atom. The van der Waals surface area contributed by atoms with Gasteiger partial charge in [0, 0.05) is 10.7 Å². The predicted molar refractivity (Wildman–Crippen MR) is 65.8 cm³/mol. The number of nitrogens with one attached hydrogen (secondary N) is 1. The van der Waals surface area contributed by atoms with Gasteiger partial charge in [0.25, 0.3) is 5.91 Å². The first-order chi connectivity index (χ1) is 7.70. The Morgan fingerprint density at radius 1 is 1.50 bits per heavy atom. The van der Waals surface area contributed by atoms with E-state index in [2.05, 4.69) is 5.32 Å². The number of benzene rings is 1. The van der Waals surface area contributed by atoms with Crippen LogP contribution in [-0.4, -0.2) is 23.7 Å². The number of amides is 1. The van der Waals surface area contributed by atoms with Crippen LogP contribution in [0, 0.1) is 0 Å². The highest BCUT2D eigenvalue weighted by molar-refractivity contribution is 7.20. The van der Waals surface area contributed by atoms with Gasteiger partial charge < -0.3 is 10.4 Å². The fourth-order valence-electron chi connectivity index (χ4n) is 1.43. The summed E-state index contributed by atoms with van der Waals surface area (Å²) in [5.41, 5.74) is 0. The van der Waals surface area contributed by atoms with Crippen molar-refractivity contribution >= 4 is 27.3 Å². The van der Waals surface area contributed by atoms with Crippen molar-refractivity contribution in [2.24, 2.45) is 0 Å². The van der Waals surface area contributed by atoms with Gasteiger partial charge in [0.2, 0.25) is 0 Å². The minimum atomic E-state index is -0.210. The summed E-state index contributed by atoms with van der Waals surface area (Å²) >= 11 is 1.46. The van der Waals surface area contributed by atoms with E-state index in [1.807, 2.05) is 30.3 Å². The molecule has 1 heterocycles. The number of thiophene rings is 1. The van der Waals surface area contributed by atoms with Gasteiger partial charge in [-0.3, -0.25) is 4.79 Å². The molecule has 0 fully saturated rings. The van der Waals surface area contributed by atoms with Crippen molar-refractivity contribution in [1.29, 1.82) is 0 Å². The average Bonchev–Trinajstić information content (AvgIpc) is 2.72. The molecule has 0 saturated heterocycles. The summed E-state index contributed by atoms with van der Waals surface area (Å²) < 4.78 is 1.10. The molecule has 2 N–H and O–H groups in total. The van der Waals surface area contributed by atoms with Crippen LogP contribution in [0.1, 0.15) is 16.6 Å². The summed E-state index contributed by atoms with van der Waals surface area (Å²) in [6, 6.07) is 9.55. The zero-order chi connectivity index (χ0) is 11.5. The highest BCUT2D eigenvalue weighted by Gasteiger charge is 2.11. The number of fused-ring (bicyclic) bond motifs is 1. The third-order valence-corrected chi connectivity index (χ3v) is 3.42. The Hall–Kier alpha value is -1.39. The summed E-state index contributed by atoms with van der Waals surface area (Å²) in [5.74, 6) is -0.122. The number of carbonyl (C=O) groups is 1. The van der Waals surface area contributed by atoms with E-state index in [0.717, 1.165) is 10.1 Å². The number of aliphatic hydroxyl groups excluding tert-OH is 1. The largest absolute Gasteiger partial charge is 0.394 e. The molecule has 2 rings (SSSR count). The number of rotatable bonds is 3. The summed E-state index contributed by atoms with van der Waals surface area (Å²) in [6.45, 7) is 1.72. The van der Waals surface area contributed by atoms with Crippen LogP contribution in [0.2, 0.25) is 0 Å². The fourth-order valence-corrected chi connectivity index (χ4v) is 2.40. The second-order valence-corrected chi connectivity index (χ2v) is 4.79. The highest BCUT2D eigenvalue weighted by Crippen LogP contribution is 2.25. The first-order valence-corrected chi connectivity index (χ1v) is 5.92. The van der Waals surface area contributed by atoms with Crippen LogP contribution >= 0.6 is 11.3 Å². The molecular formula is C12H13NO2S. The molecule has 0 bridgehead atoms. The molecule has 16 heavy (non-hydrogen) atoms. The fraction of sp³-hybridized carbons (Fsp3) is 0.250. The quantitative estimate of drug-likeness (QED) is 0.855. The van der Waals surface area contributed by atoms with Crippen LogP contribution in [0.3, 0.4) is 0 Å². The Labute approximate surface area is 97.7 Å². The molecule has 0 aliphatic heterocycles. The minimum absolute atomic E-state index is 0.0450. The maximum atomic E-state index is 11.8.